The third kappa shape index (κ3) is 4.71. The number of aliphatic imine (C=N–C) groups is 1. The van der Waals surface area contributed by atoms with Crippen LogP contribution in [0.4, 0.5) is 11.4 Å². The van der Waals surface area contributed by atoms with Crippen LogP contribution in [0.15, 0.2) is 52.4 Å². The predicted octanol–water partition coefficient (Wildman–Crippen LogP) is 6.01. The van der Waals surface area contributed by atoms with Crippen LogP contribution >= 0.6 is 11.8 Å². The first kappa shape index (κ1) is 24.0. The van der Waals surface area contributed by atoms with Gasteiger partial charge in [0, 0.05) is 29.4 Å². The van der Waals surface area contributed by atoms with E-state index in [1.54, 1.807) is 7.11 Å². The number of anilines is 1. The molecular formula is C27H31N3O3S. The van der Waals surface area contributed by atoms with Gasteiger partial charge in [-0.15, -0.1) is 0 Å². The van der Waals surface area contributed by atoms with E-state index in [2.05, 4.69) is 61.1 Å². The average Bonchev–Trinajstić information content (AvgIpc) is 3.13. The number of hydrogen-bond donors (Lipinski definition) is 1. The van der Waals surface area contributed by atoms with E-state index in [1.165, 1.54) is 17.3 Å². The van der Waals surface area contributed by atoms with Crippen LogP contribution in [0.1, 0.15) is 45.7 Å². The smallest absolute Gasteiger partial charge is 0.264 e. The molecule has 1 saturated heterocycles. The third-order valence-electron chi connectivity index (χ3n) is 5.96. The number of thioether (sulfide) groups is 1. The van der Waals surface area contributed by atoms with Crippen molar-refractivity contribution in [3.63, 3.8) is 0 Å². The minimum Gasteiger partial charge on any atom is -0.496 e. The Morgan fingerprint density at radius 3 is 2.56 bits per heavy atom. The summed E-state index contributed by atoms with van der Waals surface area (Å²) < 4.78 is 11.2. The summed E-state index contributed by atoms with van der Waals surface area (Å²) in [5.41, 5.74) is 5.05. The molecule has 34 heavy (non-hydrogen) atoms. The molecule has 1 fully saturated rings. The highest BCUT2D eigenvalue weighted by Gasteiger charge is 2.31. The number of ether oxygens (including phenoxy) is 2. The lowest BCUT2D eigenvalue weighted by molar-refractivity contribution is -0.115. The van der Waals surface area contributed by atoms with E-state index in [9.17, 15) is 4.79 Å². The van der Waals surface area contributed by atoms with E-state index in [0.717, 1.165) is 40.5 Å². The van der Waals surface area contributed by atoms with Crippen molar-refractivity contribution >= 4 is 45.9 Å². The van der Waals surface area contributed by atoms with Crippen LogP contribution in [0, 0.1) is 0 Å². The van der Waals surface area contributed by atoms with Crippen LogP contribution in [0.3, 0.4) is 0 Å². The molecule has 2 aromatic rings. The Morgan fingerprint density at radius 1 is 1.18 bits per heavy atom. The highest BCUT2D eigenvalue weighted by atomic mass is 32.2. The second-order valence-corrected chi connectivity index (χ2v) is 9.78. The number of amides is 1. The van der Waals surface area contributed by atoms with Gasteiger partial charge >= 0.3 is 0 Å². The first-order valence-corrected chi connectivity index (χ1v) is 12.3. The number of allylic oxidation sites excluding steroid dienone is 1. The quantitative estimate of drug-likeness (QED) is 0.517. The molecule has 0 radical (unpaired) electrons. The van der Waals surface area contributed by atoms with Crippen molar-refractivity contribution in [2.45, 2.75) is 40.2 Å². The Hall–Kier alpha value is -3.19. The van der Waals surface area contributed by atoms with Gasteiger partial charge in [0.25, 0.3) is 5.91 Å². The molecular weight excluding hydrogens is 446 g/mol. The van der Waals surface area contributed by atoms with Gasteiger partial charge in [0.1, 0.15) is 11.5 Å². The molecule has 1 amide bonds. The highest BCUT2D eigenvalue weighted by molar-refractivity contribution is 8.18. The summed E-state index contributed by atoms with van der Waals surface area (Å²) in [5.74, 6) is 1.36. The lowest BCUT2D eigenvalue weighted by Gasteiger charge is -2.43. The molecule has 2 heterocycles. The molecule has 1 N–H and O–H groups in total. The zero-order valence-electron chi connectivity index (χ0n) is 20.6. The Bertz CT molecular complexity index is 1200. The van der Waals surface area contributed by atoms with Gasteiger partial charge in [0.15, 0.2) is 5.17 Å². The first-order chi connectivity index (χ1) is 16.2. The number of amidine groups is 1. The molecule has 0 spiro atoms. The molecule has 6 nitrogen and oxygen atoms in total. The fourth-order valence-corrected chi connectivity index (χ4v) is 5.34. The van der Waals surface area contributed by atoms with E-state index in [0.29, 0.717) is 16.7 Å². The summed E-state index contributed by atoms with van der Waals surface area (Å²) >= 11 is 1.32. The average molecular weight is 478 g/mol. The van der Waals surface area contributed by atoms with Crippen LogP contribution in [-0.2, 0) is 4.79 Å². The Kier molecular flexibility index (Phi) is 6.75. The van der Waals surface area contributed by atoms with Crippen LogP contribution in [0.25, 0.3) is 11.6 Å². The number of benzene rings is 2. The maximum atomic E-state index is 12.7. The van der Waals surface area contributed by atoms with Crippen molar-refractivity contribution in [3.8, 4) is 11.5 Å². The maximum absolute atomic E-state index is 12.7. The van der Waals surface area contributed by atoms with Gasteiger partial charge < -0.3 is 19.7 Å². The first-order valence-electron chi connectivity index (χ1n) is 11.5. The highest BCUT2D eigenvalue weighted by Crippen LogP contribution is 2.43. The number of carbonyl (C=O) groups is 1. The van der Waals surface area contributed by atoms with Gasteiger partial charge in [0.2, 0.25) is 0 Å². The maximum Gasteiger partial charge on any atom is 0.264 e. The van der Waals surface area contributed by atoms with Crippen molar-refractivity contribution in [1.29, 1.82) is 0 Å². The molecule has 178 valence electrons. The van der Waals surface area contributed by atoms with E-state index < -0.39 is 0 Å². The van der Waals surface area contributed by atoms with Crippen LogP contribution in [0.5, 0.6) is 11.5 Å². The molecule has 2 aromatic carbocycles. The largest absolute Gasteiger partial charge is 0.496 e. The zero-order chi connectivity index (χ0) is 24.5. The normalized spacial score (nSPS) is 19.2. The van der Waals surface area contributed by atoms with E-state index >= 15 is 0 Å². The summed E-state index contributed by atoms with van der Waals surface area (Å²) in [6.45, 7) is 12.2. The summed E-state index contributed by atoms with van der Waals surface area (Å²) in [4.78, 5) is 20.2. The van der Waals surface area contributed by atoms with Crippen LogP contribution < -0.4 is 19.7 Å². The standard InChI is InChI=1S/C27H31N3O3S/c1-7-30-22-15-23(32-6)18(13-21(22)17(3)16-27(30,4)5)14-24-25(31)29-26(34-24)28-19-9-11-20(12-10-19)33-8-2/h9-16H,7-8H2,1-6H3,(H,28,29,31)/b24-14+. The van der Waals surface area contributed by atoms with Crippen LogP contribution in [0.2, 0.25) is 0 Å². The van der Waals surface area contributed by atoms with E-state index in [4.69, 9.17) is 9.47 Å². The second kappa shape index (κ2) is 9.58. The number of nitrogens with zero attached hydrogens (tertiary/aromatic N) is 2. The van der Waals surface area contributed by atoms with E-state index in [-0.39, 0.29) is 11.4 Å². The van der Waals surface area contributed by atoms with Gasteiger partial charge in [-0.05, 0) is 88.4 Å². The van der Waals surface area contributed by atoms with Gasteiger partial charge in [-0.2, -0.15) is 0 Å². The van der Waals surface area contributed by atoms with Gasteiger partial charge in [0.05, 0.1) is 29.8 Å². The van der Waals surface area contributed by atoms with Crippen molar-refractivity contribution in [2.24, 2.45) is 4.99 Å². The molecule has 2 aliphatic rings. The number of nitrogens with one attached hydrogen (secondary N) is 1. The molecule has 7 heteroatoms. The van der Waals surface area contributed by atoms with Crippen LogP contribution in [-0.4, -0.2) is 36.9 Å². The number of methoxy groups -OCH3 is 1. The molecule has 0 saturated carbocycles. The molecule has 0 bridgehead atoms. The molecule has 2 aliphatic heterocycles. The zero-order valence-corrected chi connectivity index (χ0v) is 21.4. The van der Waals surface area contributed by atoms with Crippen molar-refractivity contribution in [3.05, 3.63) is 58.5 Å². The molecule has 0 aromatic heterocycles. The monoisotopic (exact) mass is 477 g/mol. The van der Waals surface area contributed by atoms with Crippen molar-refractivity contribution in [2.75, 3.05) is 25.2 Å². The number of rotatable bonds is 6. The number of likely N-dealkylation sites (N-methyl/N-ethyl adjacent to an activating group) is 1. The fraction of sp³-hybridized carbons (Fsp3) is 0.333. The second-order valence-electron chi connectivity index (χ2n) is 8.75. The number of hydrogen-bond acceptors (Lipinski definition) is 6. The minimum absolute atomic E-state index is 0.0791. The Morgan fingerprint density at radius 2 is 1.91 bits per heavy atom. The summed E-state index contributed by atoms with van der Waals surface area (Å²) in [7, 11) is 1.66. The van der Waals surface area contributed by atoms with Gasteiger partial charge in [-0.1, -0.05) is 6.08 Å². The van der Waals surface area contributed by atoms with Gasteiger partial charge in [-0.25, -0.2) is 4.99 Å². The molecule has 4 rings (SSSR count). The third-order valence-corrected chi connectivity index (χ3v) is 6.87. The van der Waals surface area contributed by atoms with Crippen molar-refractivity contribution < 1.29 is 14.3 Å². The van der Waals surface area contributed by atoms with E-state index in [1.807, 2.05) is 37.3 Å². The topological polar surface area (TPSA) is 63.2 Å². The lowest BCUT2D eigenvalue weighted by Crippen LogP contribution is -2.44. The molecule has 0 atom stereocenters. The Labute approximate surface area is 205 Å². The summed E-state index contributed by atoms with van der Waals surface area (Å²) in [5, 5.41) is 3.41. The van der Waals surface area contributed by atoms with Crippen molar-refractivity contribution in [1.82, 2.24) is 5.32 Å². The Balaban J connectivity index is 1.65. The molecule has 0 unspecified atom stereocenters. The molecule has 0 aliphatic carbocycles. The lowest BCUT2D eigenvalue weighted by atomic mass is 9.87. The SMILES string of the molecule is CCOc1ccc(N=C2NC(=O)/C(=C\c3cc4c(cc3OC)N(CC)C(C)(C)C=C4C)S2)cc1. The number of fused-ring (bicyclic) bond motifs is 1. The summed E-state index contributed by atoms with van der Waals surface area (Å²) in [6, 6.07) is 11.7. The predicted molar refractivity (Wildman–Crippen MR) is 142 cm³/mol. The van der Waals surface area contributed by atoms with Gasteiger partial charge in [-0.3, -0.25) is 4.79 Å². The minimum atomic E-state index is -0.168. The number of carbonyl (C=O) groups excluding carboxylic acids is 1. The summed E-state index contributed by atoms with van der Waals surface area (Å²) in [6.07, 6.45) is 4.17. The fourth-order valence-electron chi connectivity index (χ4n) is 4.51.